The van der Waals surface area contributed by atoms with E-state index in [-0.39, 0.29) is 24.3 Å². The van der Waals surface area contributed by atoms with Crippen LogP contribution in [0.4, 0.5) is 0 Å². The highest BCUT2D eigenvalue weighted by atomic mass is 16.6. The lowest BCUT2D eigenvalue weighted by molar-refractivity contribution is -0.125. The molecule has 1 aliphatic rings. The number of fused-ring (bicyclic) bond motifs is 1. The SMILES string of the molecule is Cc1cc(C(=O)OCC(=O)NC2CCCc3ccccc32)on1. The third-order valence-corrected chi connectivity index (χ3v) is 3.87. The molecule has 3 rings (SSSR count). The summed E-state index contributed by atoms with van der Waals surface area (Å²) in [5.74, 6) is -1.01. The summed E-state index contributed by atoms with van der Waals surface area (Å²) in [7, 11) is 0. The Morgan fingerprint density at radius 3 is 3.00 bits per heavy atom. The average molecular weight is 314 g/mol. The van der Waals surface area contributed by atoms with Crippen LogP contribution in [-0.4, -0.2) is 23.6 Å². The van der Waals surface area contributed by atoms with E-state index in [0.29, 0.717) is 5.69 Å². The molecule has 1 N–H and O–H groups in total. The number of carbonyl (C=O) groups is 2. The molecule has 6 heteroatoms. The molecule has 0 saturated heterocycles. The second-order valence-electron chi connectivity index (χ2n) is 5.62. The number of nitrogens with zero attached hydrogens (tertiary/aromatic N) is 1. The number of hydrogen-bond acceptors (Lipinski definition) is 5. The number of benzene rings is 1. The summed E-state index contributed by atoms with van der Waals surface area (Å²) in [4.78, 5) is 23.7. The van der Waals surface area contributed by atoms with Gasteiger partial charge in [0.05, 0.1) is 11.7 Å². The third-order valence-electron chi connectivity index (χ3n) is 3.87. The maximum Gasteiger partial charge on any atom is 0.377 e. The van der Waals surface area contributed by atoms with E-state index in [1.165, 1.54) is 11.6 Å². The van der Waals surface area contributed by atoms with Crippen LogP contribution < -0.4 is 5.32 Å². The highest BCUT2D eigenvalue weighted by Gasteiger charge is 2.22. The van der Waals surface area contributed by atoms with Crippen molar-refractivity contribution in [2.45, 2.75) is 32.2 Å². The van der Waals surface area contributed by atoms with Gasteiger partial charge in [-0.15, -0.1) is 0 Å². The molecule has 0 aliphatic heterocycles. The van der Waals surface area contributed by atoms with Gasteiger partial charge in [-0.2, -0.15) is 0 Å². The zero-order valence-electron chi connectivity index (χ0n) is 12.9. The molecule has 1 unspecified atom stereocenters. The van der Waals surface area contributed by atoms with Gasteiger partial charge < -0.3 is 14.6 Å². The van der Waals surface area contributed by atoms with Crippen molar-refractivity contribution in [2.75, 3.05) is 6.61 Å². The van der Waals surface area contributed by atoms with E-state index in [1.54, 1.807) is 6.92 Å². The summed E-state index contributed by atoms with van der Waals surface area (Å²) < 4.78 is 9.75. The molecule has 0 saturated carbocycles. The van der Waals surface area contributed by atoms with Crippen LogP contribution in [0, 0.1) is 6.92 Å². The fourth-order valence-corrected chi connectivity index (χ4v) is 2.80. The second kappa shape index (κ2) is 6.64. The van der Waals surface area contributed by atoms with E-state index in [1.807, 2.05) is 18.2 Å². The van der Waals surface area contributed by atoms with Crippen molar-refractivity contribution in [1.29, 1.82) is 0 Å². The molecule has 1 aromatic carbocycles. The molecule has 0 spiro atoms. The van der Waals surface area contributed by atoms with Gasteiger partial charge in [-0.25, -0.2) is 4.79 Å². The Bertz CT molecular complexity index is 723. The molecule has 1 heterocycles. The molecule has 23 heavy (non-hydrogen) atoms. The minimum Gasteiger partial charge on any atom is -0.450 e. The molecule has 2 aromatic rings. The highest BCUT2D eigenvalue weighted by molar-refractivity contribution is 5.88. The van der Waals surface area contributed by atoms with Gasteiger partial charge in [0.25, 0.3) is 5.91 Å². The molecule has 120 valence electrons. The van der Waals surface area contributed by atoms with Gasteiger partial charge in [0.1, 0.15) is 0 Å². The molecular formula is C17H18N2O4. The molecule has 6 nitrogen and oxygen atoms in total. The first-order chi connectivity index (χ1) is 11.1. The number of ether oxygens (including phenoxy) is 1. The average Bonchev–Trinajstić information content (AvgIpc) is 2.99. The maximum absolute atomic E-state index is 12.0. The van der Waals surface area contributed by atoms with Gasteiger partial charge in [-0.1, -0.05) is 29.4 Å². The van der Waals surface area contributed by atoms with Gasteiger partial charge in [-0.05, 0) is 37.3 Å². The van der Waals surface area contributed by atoms with E-state index in [9.17, 15) is 9.59 Å². The molecule has 0 bridgehead atoms. The van der Waals surface area contributed by atoms with Crippen molar-refractivity contribution in [3.8, 4) is 0 Å². The second-order valence-corrected chi connectivity index (χ2v) is 5.62. The lowest BCUT2D eigenvalue weighted by Gasteiger charge is -2.26. The Hall–Kier alpha value is -2.63. The van der Waals surface area contributed by atoms with E-state index in [4.69, 9.17) is 9.26 Å². The topological polar surface area (TPSA) is 81.4 Å². The predicted octanol–water partition coefficient (Wildman–Crippen LogP) is 2.33. The number of hydrogen-bond donors (Lipinski definition) is 1. The Morgan fingerprint density at radius 1 is 1.39 bits per heavy atom. The van der Waals surface area contributed by atoms with Gasteiger partial charge in [0.15, 0.2) is 6.61 Å². The molecule has 0 fully saturated rings. The summed E-state index contributed by atoms with van der Waals surface area (Å²) in [6, 6.07) is 9.53. The van der Waals surface area contributed by atoms with E-state index < -0.39 is 5.97 Å². The first-order valence-electron chi connectivity index (χ1n) is 7.61. The monoisotopic (exact) mass is 314 g/mol. The molecule has 1 atom stereocenters. The summed E-state index contributed by atoms with van der Waals surface area (Å²) in [6.45, 7) is 1.37. The molecule has 1 aliphatic carbocycles. The standard InChI is InChI=1S/C17H18N2O4/c1-11-9-15(23-19-11)17(21)22-10-16(20)18-14-8-4-6-12-5-2-3-7-13(12)14/h2-3,5,7,9,14H,4,6,8,10H2,1H3,(H,18,20). The van der Waals surface area contributed by atoms with E-state index >= 15 is 0 Å². The van der Waals surface area contributed by atoms with Crippen LogP contribution in [0.1, 0.15) is 46.3 Å². The Balaban J connectivity index is 1.55. The molecule has 0 radical (unpaired) electrons. The lowest BCUT2D eigenvalue weighted by Crippen LogP contribution is -2.34. The maximum atomic E-state index is 12.0. The number of aryl methyl sites for hydroxylation is 2. The van der Waals surface area contributed by atoms with Crippen LogP contribution in [0.5, 0.6) is 0 Å². The van der Waals surface area contributed by atoms with E-state index in [2.05, 4.69) is 16.5 Å². The summed E-state index contributed by atoms with van der Waals surface area (Å²) >= 11 is 0. The summed E-state index contributed by atoms with van der Waals surface area (Å²) in [5.41, 5.74) is 2.99. The van der Waals surface area contributed by atoms with Gasteiger partial charge in [0, 0.05) is 6.07 Å². The van der Waals surface area contributed by atoms with Crippen molar-refractivity contribution in [1.82, 2.24) is 10.5 Å². The number of carbonyl (C=O) groups excluding carboxylic acids is 2. The number of esters is 1. The highest BCUT2D eigenvalue weighted by Crippen LogP contribution is 2.29. The minimum absolute atomic E-state index is 0.00156. The quantitative estimate of drug-likeness (QED) is 0.876. The minimum atomic E-state index is -0.690. The third kappa shape index (κ3) is 3.59. The summed E-state index contributed by atoms with van der Waals surface area (Å²) in [5, 5.41) is 6.53. The van der Waals surface area contributed by atoms with Crippen molar-refractivity contribution in [3.63, 3.8) is 0 Å². The molecule has 1 amide bonds. The molecular weight excluding hydrogens is 296 g/mol. The number of amides is 1. The zero-order chi connectivity index (χ0) is 16.2. The van der Waals surface area contributed by atoms with Crippen molar-refractivity contribution in [2.24, 2.45) is 0 Å². The largest absolute Gasteiger partial charge is 0.450 e. The Kier molecular flexibility index (Phi) is 4.41. The fraction of sp³-hybridized carbons (Fsp3) is 0.353. The van der Waals surface area contributed by atoms with Crippen LogP contribution in [-0.2, 0) is 16.0 Å². The van der Waals surface area contributed by atoms with Gasteiger partial charge >= 0.3 is 5.97 Å². The number of aromatic nitrogens is 1. The number of nitrogens with one attached hydrogen (secondary N) is 1. The van der Waals surface area contributed by atoms with Crippen LogP contribution in [0.2, 0.25) is 0 Å². The van der Waals surface area contributed by atoms with Crippen LogP contribution in [0.3, 0.4) is 0 Å². The van der Waals surface area contributed by atoms with Crippen LogP contribution >= 0.6 is 0 Å². The van der Waals surface area contributed by atoms with Crippen molar-refractivity contribution < 1.29 is 18.8 Å². The van der Waals surface area contributed by atoms with Crippen molar-refractivity contribution >= 4 is 11.9 Å². The van der Waals surface area contributed by atoms with Gasteiger partial charge in [-0.3, -0.25) is 4.79 Å². The van der Waals surface area contributed by atoms with Crippen molar-refractivity contribution in [3.05, 3.63) is 52.9 Å². The molecule has 1 aromatic heterocycles. The first kappa shape index (κ1) is 15.3. The van der Waals surface area contributed by atoms with E-state index in [0.717, 1.165) is 24.8 Å². The fourth-order valence-electron chi connectivity index (χ4n) is 2.80. The van der Waals surface area contributed by atoms with Gasteiger partial charge in [0.2, 0.25) is 5.76 Å². The predicted molar refractivity (Wildman–Crippen MR) is 81.8 cm³/mol. The number of rotatable bonds is 4. The first-order valence-corrected chi connectivity index (χ1v) is 7.61. The van der Waals surface area contributed by atoms with Crippen LogP contribution in [0.15, 0.2) is 34.9 Å². The summed E-state index contributed by atoms with van der Waals surface area (Å²) in [6.07, 6.45) is 2.94. The normalized spacial score (nSPS) is 16.5. The Labute approximate surface area is 133 Å². The smallest absolute Gasteiger partial charge is 0.377 e. The van der Waals surface area contributed by atoms with Crippen LogP contribution in [0.25, 0.3) is 0 Å². The zero-order valence-corrected chi connectivity index (χ0v) is 12.9. The Morgan fingerprint density at radius 2 is 2.22 bits per heavy atom. The lowest BCUT2D eigenvalue weighted by atomic mass is 9.88.